The zero-order chi connectivity index (χ0) is 19.4. The molecule has 1 aliphatic heterocycles. The fourth-order valence-corrected chi connectivity index (χ4v) is 3.76. The number of aryl methyl sites for hydroxylation is 1. The maximum Gasteiger partial charge on any atom is 0.341 e. The quantitative estimate of drug-likeness (QED) is 0.359. The van der Waals surface area contributed by atoms with Crippen molar-refractivity contribution in [2.45, 2.75) is 0 Å². The number of halogens is 1. The molecule has 3 aromatic carbocycles. The van der Waals surface area contributed by atoms with Crippen molar-refractivity contribution in [3.8, 4) is 23.0 Å². The van der Waals surface area contributed by atoms with Crippen LogP contribution >= 0.6 is 0 Å². The number of aromatic nitrogens is 1. The van der Waals surface area contributed by atoms with Crippen LogP contribution in [0.3, 0.4) is 0 Å². The van der Waals surface area contributed by atoms with Crippen LogP contribution in [0.25, 0.3) is 32.4 Å². The second kappa shape index (κ2) is 6.86. The fourth-order valence-electron chi connectivity index (χ4n) is 3.76. The monoisotopic (exact) mass is 413 g/mol. The van der Waals surface area contributed by atoms with Crippen molar-refractivity contribution in [3.63, 3.8) is 0 Å². The number of hydrogen-bond donors (Lipinski definition) is 2. The van der Waals surface area contributed by atoms with Gasteiger partial charge < -0.3 is 36.8 Å². The number of aromatic hydroxyl groups is 1. The van der Waals surface area contributed by atoms with E-state index in [2.05, 4.69) is 0 Å². The van der Waals surface area contributed by atoms with Crippen LogP contribution in [-0.2, 0) is 11.8 Å². The van der Waals surface area contributed by atoms with E-state index in [0.29, 0.717) is 11.1 Å². The lowest BCUT2D eigenvalue weighted by Crippen LogP contribution is -3.00. The smallest absolute Gasteiger partial charge is 0.341 e. The van der Waals surface area contributed by atoms with Crippen molar-refractivity contribution >= 4 is 38.4 Å². The molecule has 1 aliphatic rings. The first-order chi connectivity index (χ1) is 13.5. The molecule has 0 fully saturated rings. The van der Waals surface area contributed by atoms with Crippen molar-refractivity contribution in [3.05, 3.63) is 42.6 Å². The Morgan fingerprint density at radius 1 is 1.07 bits per heavy atom. The van der Waals surface area contributed by atoms with Gasteiger partial charge in [-0.1, -0.05) is 6.07 Å². The van der Waals surface area contributed by atoms with Gasteiger partial charge in [0.1, 0.15) is 7.05 Å². The van der Waals surface area contributed by atoms with Crippen molar-refractivity contribution in [2.24, 2.45) is 7.05 Å². The van der Waals surface area contributed by atoms with E-state index in [-0.39, 0.29) is 30.7 Å². The zero-order valence-corrected chi connectivity index (χ0v) is 16.1. The molecule has 0 amide bonds. The minimum atomic E-state index is -1.10. The van der Waals surface area contributed by atoms with Crippen LogP contribution in [0.5, 0.6) is 23.0 Å². The molecule has 29 heavy (non-hydrogen) atoms. The topological polar surface area (TPSA) is 89.1 Å². The van der Waals surface area contributed by atoms with Crippen molar-refractivity contribution in [1.82, 2.24) is 0 Å². The molecule has 148 valence electrons. The third kappa shape index (κ3) is 2.91. The van der Waals surface area contributed by atoms with Crippen LogP contribution in [0.1, 0.15) is 0 Å². The number of phenolic OH excluding ortho intramolecular Hbond substituents is 1. The average molecular weight is 414 g/mol. The molecular weight excluding hydrogens is 398 g/mol. The van der Waals surface area contributed by atoms with E-state index in [4.69, 9.17) is 19.3 Å². The maximum atomic E-state index is 10.8. The van der Waals surface area contributed by atoms with E-state index in [0.717, 1.165) is 32.8 Å². The van der Waals surface area contributed by atoms with E-state index in [1.807, 2.05) is 48.1 Å². The Morgan fingerprint density at radius 2 is 1.79 bits per heavy atom. The lowest BCUT2D eigenvalue weighted by atomic mass is 10.00. The van der Waals surface area contributed by atoms with Crippen LogP contribution in [0.4, 0.5) is 0 Å². The van der Waals surface area contributed by atoms with Gasteiger partial charge in [0.25, 0.3) is 0 Å². The molecule has 0 atom stereocenters. The highest BCUT2D eigenvalue weighted by Gasteiger charge is 2.21. The summed E-state index contributed by atoms with van der Waals surface area (Å²) in [5.41, 5.74) is 0.988. The summed E-state index contributed by atoms with van der Waals surface area (Å²) in [6.07, 6.45) is 1.81. The highest BCUT2D eigenvalue weighted by Crippen LogP contribution is 2.41. The second-order valence-electron chi connectivity index (χ2n) is 6.68. The van der Waals surface area contributed by atoms with Gasteiger partial charge in [0, 0.05) is 5.39 Å². The van der Waals surface area contributed by atoms with Crippen LogP contribution in [0.15, 0.2) is 42.6 Å². The van der Waals surface area contributed by atoms with Crippen LogP contribution < -0.4 is 31.2 Å². The molecule has 2 heterocycles. The second-order valence-corrected chi connectivity index (χ2v) is 6.68. The minimum Gasteiger partial charge on any atom is -1.00 e. The van der Waals surface area contributed by atoms with Crippen molar-refractivity contribution in [1.29, 1.82) is 0 Å². The van der Waals surface area contributed by atoms with Gasteiger partial charge in [-0.05, 0) is 35.7 Å². The summed E-state index contributed by atoms with van der Waals surface area (Å²) in [4.78, 5) is 10.8. The summed E-state index contributed by atoms with van der Waals surface area (Å²) in [6, 6.07) is 11.3. The van der Waals surface area contributed by atoms with Gasteiger partial charge in [-0.2, -0.15) is 4.57 Å². The van der Waals surface area contributed by atoms with Crippen LogP contribution in [0, 0.1) is 0 Å². The normalized spacial score (nSPS) is 12.3. The van der Waals surface area contributed by atoms with E-state index in [1.165, 1.54) is 0 Å². The number of carboxylic acids is 1. The number of ether oxygens (including phenoxy) is 3. The summed E-state index contributed by atoms with van der Waals surface area (Å²) >= 11 is 0. The number of carboxylic acid groups (broad SMARTS) is 1. The number of benzene rings is 3. The van der Waals surface area contributed by atoms with Crippen LogP contribution in [0.2, 0.25) is 0 Å². The number of carbonyl (C=O) groups is 1. The van der Waals surface area contributed by atoms with E-state index < -0.39 is 12.6 Å². The molecule has 0 radical (unpaired) electrons. The molecule has 4 aromatic rings. The molecule has 0 spiro atoms. The van der Waals surface area contributed by atoms with Gasteiger partial charge in [0.15, 0.2) is 35.8 Å². The number of phenols is 1. The molecule has 8 heteroatoms. The fraction of sp³-hybridized carbons (Fsp3) is 0.143. The van der Waals surface area contributed by atoms with Crippen molar-refractivity contribution < 1.29 is 46.2 Å². The predicted octanol–water partition coefficient (Wildman–Crippen LogP) is -0.128. The van der Waals surface area contributed by atoms with Gasteiger partial charge in [-0.15, -0.1) is 0 Å². The molecule has 0 saturated carbocycles. The summed E-state index contributed by atoms with van der Waals surface area (Å²) in [6.45, 7) is -0.303. The summed E-state index contributed by atoms with van der Waals surface area (Å²) in [5, 5.41) is 23.8. The summed E-state index contributed by atoms with van der Waals surface area (Å²) < 4.78 is 18.1. The highest BCUT2D eigenvalue weighted by molar-refractivity contribution is 6.15. The van der Waals surface area contributed by atoms with E-state index >= 15 is 0 Å². The third-order valence-corrected chi connectivity index (χ3v) is 4.98. The number of aliphatic carboxylic acids is 1. The molecule has 7 nitrogen and oxygen atoms in total. The minimum absolute atomic E-state index is 0. The number of nitrogens with zero attached hydrogens (tertiary/aromatic N) is 1. The molecule has 2 N–H and O–H groups in total. The van der Waals surface area contributed by atoms with Gasteiger partial charge >= 0.3 is 5.97 Å². The highest BCUT2D eigenvalue weighted by atomic mass is 35.5. The first kappa shape index (κ1) is 18.9. The van der Waals surface area contributed by atoms with Gasteiger partial charge in [0.2, 0.25) is 12.3 Å². The number of pyridine rings is 1. The Hall–Kier alpha value is -3.45. The molecule has 0 unspecified atom stereocenters. The average Bonchev–Trinajstić information content (AvgIpc) is 3.13. The summed E-state index contributed by atoms with van der Waals surface area (Å²) in [5.74, 6) is 0.391. The number of fused-ring (bicyclic) bond motifs is 6. The molecule has 1 aromatic heterocycles. The number of rotatable bonds is 3. The first-order valence-corrected chi connectivity index (χ1v) is 8.68. The molecule has 0 saturated heterocycles. The third-order valence-electron chi connectivity index (χ3n) is 4.98. The van der Waals surface area contributed by atoms with Gasteiger partial charge in [0.05, 0.1) is 16.2 Å². The largest absolute Gasteiger partial charge is 1.00 e. The predicted molar refractivity (Wildman–Crippen MR) is 101 cm³/mol. The number of hydrogen-bond acceptors (Lipinski definition) is 5. The molecule has 5 rings (SSSR count). The lowest BCUT2D eigenvalue weighted by Gasteiger charge is -2.11. The van der Waals surface area contributed by atoms with Gasteiger partial charge in [-0.25, -0.2) is 4.79 Å². The van der Waals surface area contributed by atoms with E-state index in [1.54, 1.807) is 6.07 Å². The van der Waals surface area contributed by atoms with Crippen LogP contribution in [-0.4, -0.2) is 29.6 Å². The van der Waals surface area contributed by atoms with E-state index in [9.17, 15) is 9.90 Å². The Kier molecular flexibility index (Phi) is 4.47. The van der Waals surface area contributed by atoms with Crippen molar-refractivity contribution in [2.75, 3.05) is 13.4 Å². The maximum absolute atomic E-state index is 10.8. The SMILES string of the molecule is C[n+]1cc2c(O)c(OCC(=O)O)ccc2c2ccc3cc4c(cc3c21)OCO4.[Cl-]. The zero-order valence-electron chi connectivity index (χ0n) is 15.3. The molecule has 0 bridgehead atoms. The Bertz CT molecular complexity index is 1300. The standard InChI is InChI=1S/C21H15NO6.ClH/c1-22-8-15-12(4-5-16(21(15)25)26-9-19(23)24)13-3-2-11-6-17-18(28-10-27-17)7-14(11)20(13)22;/h2-8H,9-10H2,1H3,(H,23,24);1H. The molecule has 0 aliphatic carbocycles. The summed E-state index contributed by atoms with van der Waals surface area (Å²) in [7, 11) is 1.90. The Balaban J connectivity index is 0.00000205. The van der Waals surface area contributed by atoms with Gasteiger partial charge in [-0.3, -0.25) is 0 Å². The lowest BCUT2D eigenvalue weighted by molar-refractivity contribution is -0.642. The molecular formula is C21H16ClNO6. The first-order valence-electron chi connectivity index (χ1n) is 8.68. The Labute approximate surface area is 171 Å². The Morgan fingerprint density at radius 3 is 2.55 bits per heavy atom.